The van der Waals surface area contributed by atoms with Crippen molar-refractivity contribution in [1.82, 2.24) is 19.5 Å². The fraction of sp³-hybridized carbons (Fsp3) is 0.286. The number of hydrogen-bond acceptors (Lipinski definition) is 9. The summed E-state index contributed by atoms with van der Waals surface area (Å²) < 4.78 is 45.7. The predicted molar refractivity (Wildman–Crippen MR) is 182 cm³/mol. The molecule has 0 aliphatic carbocycles. The van der Waals surface area contributed by atoms with Crippen molar-refractivity contribution in [3.63, 3.8) is 0 Å². The summed E-state index contributed by atoms with van der Waals surface area (Å²) in [6, 6.07) is 16.6. The molecule has 0 fully saturated rings. The van der Waals surface area contributed by atoms with Gasteiger partial charge < -0.3 is 33.7 Å². The fourth-order valence-corrected chi connectivity index (χ4v) is 7.25. The number of likely N-dealkylation sites (N-methyl/N-ethyl adjacent to an activating group) is 1. The molecule has 5 rings (SSSR count). The van der Waals surface area contributed by atoms with E-state index in [1.54, 1.807) is 81.7 Å². The Morgan fingerprint density at radius 1 is 1.04 bits per heavy atom. The van der Waals surface area contributed by atoms with Gasteiger partial charge in [-0.3, -0.25) is 19.1 Å². The molecule has 0 aliphatic heterocycles. The minimum atomic E-state index is -3.82. The first kappa shape index (κ1) is 35.3. The number of phenolic OH excluding ortho intramolecular Hbond substituents is 1. The Hall–Kier alpha value is -4.97. The van der Waals surface area contributed by atoms with Crippen LogP contribution in [0.5, 0.6) is 17.4 Å². The minimum absolute atomic E-state index is 0.0456. The summed E-state index contributed by atoms with van der Waals surface area (Å²) in [5, 5.41) is 25.8. The van der Waals surface area contributed by atoms with Crippen LogP contribution in [-0.2, 0) is 25.4 Å². The first-order valence-corrected chi connectivity index (χ1v) is 17.4. The normalized spacial score (nSPS) is 13.9. The van der Waals surface area contributed by atoms with E-state index in [2.05, 4.69) is 10.1 Å². The second kappa shape index (κ2) is 15.1. The highest BCUT2D eigenvalue weighted by Gasteiger charge is 2.32. The number of amides is 1. The Bertz CT molecular complexity index is 2000. The van der Waals surface area contributed by atoms with Gasteiger partial charge in [-0.25, -0.2) is 9.48 Å². The van der Waals surface area contributed by atoms with Gasteiger partial charge in [0.2, 0.25) is 5.88 Å². The van der Waals surface area contributed by atoms with Crippen molar-refractivity contribution in [2.75, 3.05) is 26.5 Å². The van der Waals surface area contributed by atoms with Crippen LogP contribution in [0.1, 0.15) is 36.7 Å². The van der Waals surface area contributed by atoms with Gasteiger partial charge in [0.05, 0.1) is 30.2 Å². The van der Waals surface area contributed by atoms with E-state index in [4.69, 9.17) is 14.0 Å². The van der Waals surface area contributed by atoms with Crippen molar-refractivity contribution in [3.05, 3.63) is 96.1 Å². The fourth-order valence-electron chi connectivity index (χ4n) is 5.46. The monoisotopic (exact) mass is 692 g/mol. The number of rotatable bonds is 14. The van der Waals surface area contributed by atoms with Gasteiger partial charge in [-0.05, 0) is 56.7 Å². The molecular weight excluding hydrogens is 654 g/mol. The van der Waals surface area contributed by atoms with E-state index in [-0.39, 0.29) is 47.8 Å². The standard InChI is InChI=1S/C35H38FN4O8P/c1-5-46-35(44)23(3)38-49(45,48-26-10-7-6-8-11-26)21-47-22(2)18-39(4)33(42)29-27-12-9-17-37-31(27)32(41)30-28(29)20-40(34(30)43)19-24-13-15-25(36)16-14-24/h6-17,20,22-23,41,43H,5,18-19,21H2,1-4H3,(H,38,45)/t22-,23+,49?/m1/s1. The number of nitrogens with zero attached hydrogens (tertiary/aromatic N) is 3. The third-order valence-electron chi connectivity index (χ3n) is 7.77. The molecule has 0 saturated carbocycles. The van der Waals surface area contributed by atoms with Crippen LogP contribution in [0.3, 0.4) is 0 Å². The maximum atomic E-state index is 14.1. The van der Waals surface area contributed by atoms with Gasteiger partial charge in [0.15, 0.2) is 5.75 Å². The summed E-state index contributed by atoms with van der Waals surface area (Å²) >= 11 is 0. The van der Waals surface area contributed by atoms with Crippen molar-refractivity contribution >= 4 is 41.1 Å². The van der Waals surface area contributed by atoms with E-state index >= 15 is 0 Å². The molecule has 3 aromatic carbocycles. The van der Waals surface area contributed by atoms with Crippen LogP contribution in [0.4, 0.5) is 4.39 Å². The topological polar surface area (TPSA) is 152 Å². The Kier molecular flexibility index (Phi) is 10.9. The van der Waals surface area contributed by atoms with Gasteiger partial charge in [-0.1, -0.05) is 36.4 Å². The molecule has 2 aromatic heterocycles. The van der Waals surface area contributed by atoms with Gasteiger partial charge in [0.25, 0.3) is 5.91 Å². The van der Waals surface area contributed by atoms with Crippen LogP contribution in [0.25, 0.3) is 21.7 Å². The molecule has 0 saturated heterocycles. The Morgan fingerprint density at radius 3 is 2.45 bits per heavy atom. The molecule has 0 aliphatic rings. The number of esters is 1. The number of halogens is 1. The zero-order valence-electron chi connectivity index (χ0n) is 27.5. The number of pyridine rings is 1. The summed E-state index contributed by atoms with van der Waals surface area (Å²) in [6.07, 6.45) is 1.95. The second-order valence-electron chi connectivity index (χ2n) is 11.6. The first-order chi connectivity index (χ1) is 23.4. The molecule has 3 N–H and O–H groups in total. The van der Waals surface area contributed by atoms with Gasteiger partial charge in [-0.15, -0.1) is 0 Å². The summed E-state index contributed by atoms with van der Waals surface area (Å²) in [5.41, 5.74) is 1.02. The van der Waals surface area contributed by atoms with E-state index in [0.717, 1.165) is 0 Å². The molecule has 258 valence electrons. The van der Waals surface area contributed by atoms with E-state index in [1.807, 2.05) is 0 Å². The van der Waals surface area contributed by atoms with Crippen LogP contribution in [0, 0.1) is 5.82 Å². The molecule has 14 heteroatoms. The number of nitrogens with one attached hydrogen (secondary N) is 1. The highest BCUT2D eigenvalue weighted by Crippen LogP contribution is 2.45. The lowest BCUT2D eigenvalue weighted by atomic mass is 10.00. The molecule has 49 heavy (non-hydrogen) atoms. The molecule has 1 unspecified atom stereocenters. The van der Waals surface area contributed by atoms with Gasteiger partial charge in [0, 0.05) is 36.8 Å². The zero-order valence-corrected chi connectivity index (χ0v) is 28.4. The van der Waals surface area contributed by atoms with Crippen LogP contribution in [0.15, 0.2) is 79.1 Å². The highest BCUT2D eigenvalue weighted by atomic mass is 31.2. The van der Waals surface area contributed by atoms with Crippen LogP contribution < -0.4 is 9.61 Å². The average molecular weight is 693 g/mol. The number of ether oxygens (including phenoxy) is 2. The Labute approximate surface area is 282 Å². The molecule has 0 radical (unpaired) electrons. The number of aromatic nitrogens is 2. The quantitative estimate of drug-likeness (QED) is 0.0929. The molecule has 2 heterocycles. The third-order valence-corrected chi connectivity index (χ3v) is 9.55. The van der Waals surface area contributed by atoms with Gasteiger partial charge in [-0.2, -0.15) is 0 Å². The average Bonchev–Trinajstić information content (AvgIpc) is 3.40. The van der Waals surface area contributed by atoms with Gasteiger partial charge in [0.1, 0.15) is 29.5 Å². The number of benzene rings is 3. The molecule has 3 atom stereocenters. The van der Waals surface area contributed by atoms with Crippen LogP contribution >= 0.6 is 7.52 Å². The van der Waals surface area contributed by atoms with Crippen LogP contribution in [-0.4, -0.2) is 75.2 Å². The number of para-hydroxylation sites is 1. The van der Waals surface area contributed by atoms with E-state index in [0.29, 0.717) is 22.1 Å². The molecule has 5 aromatic rings. The van der Waals surface area contributed by atoms with Gasteiger partial charge >= 0.3 is 13.5 Å². The third kappa shape index (κ3) is 8.02. The number of carbonyl (C=O) groups is 2. The Balaban J connectivity index is 1.39. The van der Waals surface area contributed by atoms with E-state index in [9.17, 15) is 28.8 Å². The number of carbonyl (C=O) groups excluding carboxylic acids is 2. The van der Waals surface area contributed by atoms with Crippen molar-refractivity contribution in [1.29, 1.82) is 0 Å². The SMILES string of the molecule is CCOC(=O)[C@H](C)NP(=O)(CO[C@H](C)CN(C)C(=O)c1c2cccnc2c(O)c2c(O)n(Cc3ccc(F)cc3)cc12)Oc1ccccc1. The van der Waals surface area contributed by atoms with Crippen molar-refractivity contribution in [3.8, 4) is 17.4 Å². The lowest BCUT2D eigenvalue weighted by Crippen LogP contribution is -2.37. The number of hydrogen-bond donors (Lipinski definition) is 3. The first-order valence-electron chi connectivity index (χ1n) is 15.6. The summed E-state index contributed by atoms with van der Waals surface area (Å²) in [5.74, 6) is -1.70. The maximum Gasteiger partial charge on any atom is 0.342 e. The predicted octanol–water partition coefficient (Wildman–Crippen LogP) is 6.04. The lowest BCUT2D eigenvalue weighted by Gasteiger charge is -2.27. The molecule has 1 amide bonds. The van der Waals surface area contributed by atoms with Crippen LogP contribution in [0.2, 0.25) is 0 Å². The molecule has 12 nitrogen and oxygen atoms in total. The lowest BCUT2D eigenvalue weighted by molar-refractivity contribution is -0.144. The number of aromatic hydroxyl groups is 2. The van der Waals surface area contributed by atoms with E-state index < -0.39 is 43.7 Å². The van der Waals surface area contributed by atoms with Crippen molar-refractivity contribution in [2.24, 2.45) is 0 Å². The maximum absolute atomic E-state index is 14.1. The largest absolute Gasteiger partial charge is 0.505 e. The van der Waals surface area contributed by atoms with E-state index in [1.165, 1.54) is 34.7 Å². The van der Waals surface area contributed by atoms with Crippen molar-refractivity contribution < 1.29 is 42.8 Å². The molecule has 0 bridgehead atoms. The molecular formula is C35H38FN4O8P. The van der Waals surface area contributed by atoms with Crippen molar-refractivity contribution in [2.45, 2.75) is 39.5 Å². The summed E-state index contributed by atoms with van der Waals surface area (Å²) in [6.45, 7) is 5.22. The number of fused-ring (bicyclic) bond motifs is 2. The smallest absolute Gasteiger partial charge is 0.342 e. The summed E-state index contributed by atoms with van der Waals surface area (Å²) in [7, 11) is -2.25. The second-order valence-corrected chi connectivity index (χ2v) is 13.6. The summed E-state index contributed by atoms with van der Waals surface area (Å²) in [4.78, 5) is 32.1. The zero-order chi connectivity index (χ0) is 35.3. The number of phenols is 1. The highest BCUT2D eigenvalue weighted by molar-refractivity contribution is 7.57. The minimum Gasteiger partial charge on any atom is -0.505 e. The molecule has 0 spiro atoms. The Morgan fingerprint density at radius 2 is 1.76 bits per heavy atom.